The summed E-state index contributed by atoms with van der Waals surface area (Å²) in [7, 11) is 3.13. The van der Waals surface area contributed by atoms with Gasteiger partial charge in [-0.25, -0.2) is 0 Å². The fourth-order valence-corrected chi connectivity index (χ4v) is 2.86. The summed E-state index contributed by atoms with van der Waals surface area (Å²) < 4.78 is 16.0. The van der Waals surface area contributed by atoms with E-state index in [4.69, 9.17) is 13.9 Å². The maximum absolute atomic E-state index is 12.1. The van der Waals surface area contributed by atoms with Crippen molar-refractivity contribution in [3.05, 3.63) is 70.6 Å². The van der Waals surface area contributed by atoms with E-state index in [1.54, 1.807) is 32.4 Å². The van der Waals surface area contributed by atoms with E-state index >= 15 is 0 Å². The Balaban J connectivity index is 1.62. The zero-order valence-electron chi connectivity index (χ0n) is 16.9. The summed E-state index contributed by atoms with van der Waals surface area (Å²) in [6.07, 6.45) is 3.55. The summed E-state index contributed by atoms with van der Waals surface area (Å²) in [4.78, 5) is 12.1. The lowest BCUT2D eigenvalue weighted by atomic mass is 10.0. The minimum absolute atomic E-state index is 0.0618. The standard InChI is InChI=1S/C22H23N3O4/c1-14-5-8-17(15(2)11-14)13-21-24-25-22(29-21)23-20(26)10-7-16-6-9-18(27-3)19(12-16)28-4/h5-12H,13H2,1-4H3,(H,23,25,26)/b10-7+. The molecular formula is C22H23N3O4. The first-order chi connectivity index (χ1) is 14.0. The molecule has 0 unspecified atom stereocenters. The molecule has 0 saturated heterocycles. The number of ether oxygens (including phenoxy) is 2. The van der Waals surface area contributed by atoms with Gasteiger partial charge in [0.2, 0.25) is 5.89 Å². The zero-order valence-corrected chi connectivity index (χ0v) is 16.9. The van der Waals surface area contributed by atoms with Gasteiger partial charge in [0, 0.05) is 6.08 Å². The van der Waals surface area contributed by atoms with Crippen LogP contribution < -0.4 is 14.8 Å². The molecule has 0 aliphatic rings. The van der Waals surface area contributed by atoms with Crippen molar-refractivity contribution in [2.45, 2.75) is 20.3 Å². The van der Waals surface area contributed by atoms with E-state index < -0.39 is 0 Å². The third-order valence-electron chi connectivity index (χ3n) is 4.37. The number of nitrogens with one attached hydrogen (secondary N) is 1. The predicted octanol–water partition coefficient (Wildman–Crippen LogP) is 3.95. The van der Waals surface area contributed by atoms with Crippen LogP contribution in [-0.4, -0.2) is 30.3 Å². The second-order valence-corrected chi connectivity index (χ2v) is 6.54. The third-order valence-corrected chi connectivity index (χ3v) is 4.37. The van der Waals surface area contributed by atoms with Gasteiger partial charge in [-0.05, 0) is 48.7 Å². The summed E-state index contributed by atoms with van der Waals surface area (Å²) in [5, 5.41) is 10.5. The molecule has 1 aromatic heterocycles. The van der Waals surface area contributed by atoms with Crippen LogP contribution >= 0.6 is 0 Å². The number of rotatable bonds is 7. The molecule has 2 aromatic carbocycles. The van der Waals surface area contributed by atoms with Crippen molar-refractivity contribution in [3.63, 3.8) is 0 Å². The van der Waals surface area contributed by atoms with Gasteiger partial charge in [-0.3, -0.25) is 10.1 Å². The van der Waals surface area contributed by atoms with Crippen LogP contribution in [-0.2, 0) is 11.2 Å². The molecule has 0 atom stereocenters. The van der Waals surface area contributed by atoms with E-state index in [1.807, 2.05) is 32.0 Å². The quantitative estimate of drug-likeness (QED) is 0.612. The molecule has 1 amide bonds. The fourth-order valence-electron chi connectivity index (χ4n) is 2.86. The van der Waals surface area contributed by atoms with Crippen molar-refractivity contribution < 1.29 is 18.7 Å². The van der Waals surface area contributed by atoms with Gasteiger partial charge in [-0.2, -0.15) is 0 Å². The lowest BCUT2D eigenvalue weighted by Gasteiger charge is -2.07. The Kier molecular flexibility index (Phi) is 6.29. The van der Waals surface area contributed by atoms with E-state index in [0.29, 0.717) is 23.8 Å². The Bertz CT molecular complexity index is 1040. The number of carbonyl (C=O) groups excluding carboxylic acids is 1. The van der Waals surface area contributed by atoms with Gasteiger partial charge in [-0.1, -0.05) is 34.9 Å². The fraction of sp³-hybridized carbons (Fsp3) is 0.227. The second kappa shape index (κ2) is 9.05. The summed E-state index contributed by atoms with van der Waals surface area (Å²) in [6.45, 7) is 4.09. The number of methoxy groups -OCH3 is 2. The summed E-state index contributed by atoms with van der Waals surface area (Å²) in [5.74, 6) is 1.27. The van der Waals surface area contributed by atoms with Crippen LogP contribution in [0.25, 0.3) is 6.08 Å². The van der Waals surface area contributed by atoms with Gasteiger partial charge < -0.3 is 13.9 Å². The van der Waals surface area contributed by atoms with Crippen molar-refractivity contribution in [1.82, 2.24) is 10.2 Å². The van der Waals surface area contributed by atoms with Crippen molar-refractivity contribution in [2.75, 3.05) is 19.5 Å². The molecule has 7 nitrogen and oxygen atoms in total. The highest BCUT2D eigenvalue weighted by atomic mass is 16.5. The van der Waals surface area contributed by atoms with Gasteiger partial charge in [-0.15, -0.1) is 5.10 Å². The number of hydrogen-bond acceptors (Lipinski definition) is 6. The summed E-state index contributed by atoms with van der Waals surface area (Å²) in [6, 6.07) is 11.6. The van der Waals surface area contributed by atoms with Crippen LogP contribution in [0.3, 0.4) is 0 Å². The van der Waals surface area contributed by atoms with Crippen molar-refractivity contribution >= 4 is 18.0 Å². The summed E-state index contributed by atoms with van der Waals surface area (Å²) in [5.41, 5.74) is 4.25. The maximum Gasteiger partial charge on any atom is 0.322 e. The Hall–Kier alpha value is -3.61. The molecule has 3 rings (SSSR count). The van der Waals surface area contributed by atoms with Gasteiger partial charge in [0.05, 0.1) is 20.6 Å². The van der Waals surface area contributed by atoms with Crippen LogP contribution in [0.2, 0.25) is 0 Å². The molecule has 1 heterocycles. The number of aromatic nitrogens is 2. The minimum atomic E-state index is -0.374. The Morgan fingerprint density at radius 3 is 2.59 bits per heavy atom. The van der Waals surface area contributed by atoms with Crippen LogP contribution in [0.5, 0.6) is 11.5 Å². The highest BCUT2D eigenvalue weighted by Gasteiger charge is 2.10. The minimum Gasteiger partial charge on any atom is -0.493 e. The second-order valence-electron chi connectivity index (χ2n) is 6.54. The third kappa shape index (κ3) is 5.22. The van der Waals surface area contributed by atoms with Crippen LogP contribution in [0.15, 0.2) is 46.9 Å². The smallest absolute Gasteiger partial charge is 0.322 e. The first-order valence-electron chi connectivity index (χ1n) is 9.08. The van der Waals surface area contributed by atoms with Gasteiger partial charge in [0.1, 0.15) is 0 Å². The Morgan fingerprint density at radius 1 is 1.07 bits per heavy atom. The van der Waals surface area contributed by atoms with E-state index in [2.05, 4.69) is 21.6 Å². The molecule has 0 aliphatic heterocycles. The molecule has 0 bridgehead atoms. The molecule has 0 radical (unpaired) electrons. The van der Waals surface area contributed by atoms with Crippen molar-refractivity contribution in [1.29, 1.82) is 0 Å². The van der Waals surface area contributed by atoms with Crippen molar-refractivity contribution in [3.8, 4) is 11.5 Å². The average molecular weight is 393 g/mol. The van der Waals surface area contributed by atoms with Crippen LogP contribution in [0.4, 0.5) is 6.01 Å². The van der Waals surface area contributed by atoms with Gasteiger partial charge >= 0.3 is 6.01 Å². The van der Waals surface area contributed by atoms with E-state index in [9.17, 15) is 4.79 Å². The molecule has 1 N–H and O–H groups in total. The van der Waals surface area contributed by atoms with E-state index in [-0.39, 0.29) is 11.9 Å². The number of anilines is 1. The molecule has 7 heteroatoms. The van der Waals surface area contributed by atoms with Crippen LogP contribution in [0, 0.1) is 13.8 Å². The van der Waals surface area contributed by atoms with E-state index in [0.717, 1.165) is 16.7 Å². The highest BCUT2D eigenvalue weighted by molar-refractivity contribution is 6.00. The number of amides is 1. The number of carbonyl (C=O) groups is 1. The number of nitrogens with zero attached hydrogens (tertiary/aromatic N) is 2. The number of benzene rings is 2. The average Bonchev–Trinajstić information content (AvgIpc) is 3.15. The molecule has 0 fully saturated rings. The number of aryl methyl sites for hydroxylation is 2. The molecule has 150 valence electrons. The van der Waals surface area contributed by atoms with Gasteiger partial charge in [0.25, 0.3) is 5.91 Å². The zero-order chi connectivity index (χ0) is 20.8. The SMILES string of the molecule is COc1ccc(/C=C/C(=O)Nc2nnc(Cc3ccc(C)cc3C)o2)cc1OC. The largest absolute Gasteiger partial charge is 0.493 e. The molecule has 0 aliphatic carbocycles. The first-order valence-corrected chi connectivity index (χ1v) is 9.08. The van der Waals surface area contributed by atoms with Crippen molar-refractivity contribution in [2.24, 2.45) is 0 Å². The van der Waals surface area contributed by atoms with E-state index in [1.165, 1.54) is 11.6 Å². The monoisotopic (exact) mass is 393 g/mol. The lowest BCUT2D eigenvalue weighted by molar-refractivity contribution is -0.112. The first kappa shape index (κ1) is 20.1. The molecular weight excluding hydrogens is 370 g/mol. The lowest BCUT2D eigenvalue weighted by Crippen LogP contribution is -2.07. The number of hydrogen-bond donors (Lipinski definition) is 1. The molecule has 0 saturated carbocycles. The molecule has 29 heavy (non-hydrogen) atoms. The Labute approximate surface area is 169 Å². The van der Waals surface area contributed by atoms with Gasteiger partial charge in [0.15, 0.2) is 11.5 Å². The topological polar surface area (TPSA) is 86.5 Å². The Morgan fingerprint density at radius 2 is 1.86 bits per heavy atom. The summed E-state index contributed by atoms with van der Waals surface area (Å²) >= 11 is 0. The van der Waals surface area contributed by atoms with Crippen LogP contribution in [0.1, 0.15) is 28.1 Å². The predicted molar refractivity (Wildman–Crippen MR) is 110 cm³/mol. The maximum atomic E-state index is 12.1. The normalized spacial score (nSPS) is 10.9. The highest BCUT2D eigenvalue weighted by Crippen LogP contribution is 2.28. The molecule has 3 aromatic rings. The molecule has 0 spiro atoms.